The van der Waals surface area contributed by atoms with Crippen LogP contribution >= 0.6 is 0 Å². The molecule has 346 valence electrons. The van der Waals surface area contributed by atoms with Crippen molar-refractivity contribution < 1.29 is 27.0 Å². The normalized spacial score (nSPS) is 13.7. The van der Waals surface area contributed by atoms with E-state index in [4.69, 9.17) is 23.2 Å². The first kappa shape index (κ1) is 43.7. The van der Waals surface area contributed by atoms with E-state index in [1.165, 1.54) is 0 Å². The summed E-state index contributed by atoms with van der Waals surface area (Å²) in [5, 5.41) is 12.6. The van der Waals surface area contributed by atoms with E-state index in [1.54, 1.807) is 36.8 Å². The highest BCUT2D eigenvalue weighted by Gasteiger charge is 2.25. The fraction of sp³-hybridized carbons (Fsp3) is 0.340. The number of carboxylic acids is 1. The van der Waals surface area contributed by atoms with Gasteiger partial charge in [0.05, 0.1) is 41.2 Å². The largest absolute Gasteiger partial charge is 0.492 e. The van der Waals surface area contributed by atoms with Crippen molar-refractivity contribution in [1.82, 2.24) is 40.2 Å². The number of hydrogen-bond donors (Lipinski definition) is 6. The van der Waals surface area contributed by atoms with Crippen LogP contribution in [0.5, 0.6) is 5.75 Å². The third-order valence-electron chi connectivity index (χ3n) is 12.5. The quantitative estimate of drug-likeness (QED) is 0.0399. The number of Topliss-reactive ketones (excluding diaryl/α,β-unsaturated/α-hetero) is 1. The number of carboxylic acid groups (broad SMARTS) is 1. The van der Waals surface area contributed by atoms with Crippen LogP contribution in [0.1, 0.15) is 113 Å². The molecule has 0 unspecified atom stereocenters. The number of H-pyrrole nitrogens is 3. The number of aliphatic carboxylic acids is 1. The average molecular weight is 904 g/mol. The second kappa shape index (κ2) is 21.0. The molecule has 8 bridgehead atoms. The number of benzene rings is 1. The standard InChI is InChI=1S/C53H59N9O5/c1-31-21-39-26-46-33(3)43(16-17-51(64)65)49(61-46)28-48-42(34(4)47(62-48)27-45-32(2)22-38(60-45)25-44(31)59-39)15-12-40(63)24-37(7-5-6-18-54)53(66)55-19-20-67-41-13-10-35(11-14-41)8-9-36-23-50-52(56-29-36)58-30-57-50/h10-11,13-14,21-23,25-30,37,59-60H,5-9,12,15-20,24,54H2,1-4H3,(H,55,66)(H,64,65)(H,56,57,58)/t37-/m1/s1/i8D2. The summed E-state index contributed by atoms with van der Waals surface area (Å²) in [5.74, 6) is -1.17. The minimum atomic E-state index is -1.65. The smallest absolute Gasteiger partial charge is 0.303 e. The fourth-order valence-electron chi connectivity index (χ4n) is 8.70. The molecule has 14 nitrogen and oxygen atoms in total. The van der Waals surface area contributed by atoms with Crippen LogP contribution in [-0.4, -0.2) is 77.4 Å². The van der Waals surface area contributed by atoms with Gasteiger partial charge in [0.15, 0.2) is 5.65 Å². The summed E-state index contributed by atoms with van der Waals surface area (Å²) in [7, 11) is 0. The van der Waals surface area contributed by atoms with Crippen LogP contribution in [0.2, 0.25) is 0 Å². The molecule has 0 aliphatic carbocycles. The lowest BCUT2D eigenvalue weighted by Crippen LogP contribution is -2.35. The predicted molar refractivity (Wildman–Crippen MR) is 264 cm³/mol. The van der Waals surface area contributed by atoms with Gasteiger partial charge in [-0.1, -0.05) is 18.6 Å². The van der Waals surface area contributed by atoms with Crippen LogP contribution in [0.3, 0.4) is 0 Å². The van der Waals surface area contributed by atoms with Crippen LogP contribution in [0.4, 0.5) is 0 Å². The van der Waals surface area contributed by atoms with Crippen molar-refractivity contribution in [2.75, 3.05) is 19.7 Å². The number of carbonyl (C=O) groups excluding carboxylic acids is 2. The number of nitrogens with one attached hydrogen (secondary N) is 4. The highest BCUT2D eigenvalue weighted by atomic mass is 16.5. The van der Waals surface area contributed by atoms with Gasteiger partial charge in [0, 0.05) is 56.2 Å². The third-order valence-corrected chi connectivity index (χ3v) is 12.5. The zero-order chi connectivity index (χ0) is 48.8. The molecule has 0 fully saturated rings. The molecule has 7 N–H and O–H groups in total. The summed E-state index contributed by atoms with van der Waals surface area (Å²) >= 11 is 0. The Morgan fingerprint density at radius 3 is 2.13 bits per heavy atom. The summed E-state index contributed by atoms with van der Waals surface area (Å²) in [4.78, 5) is 68.0. The van der Waals surface area contributed by atoms with Gasteiger partial charge in [0.1, 0.15) is 18.1 Å². The summed E-state index contributed by atoms with van der Waals surface area (Å²) in [6.07, 6.45) is 4.52. The molecule has 6 aromatic rings. The van der Waals surface area contributed by atoms with Crippen LogP contribution in [0, 0.1) is 19.8 Å². The summed E-state index contributed by atoms with van der Waals surface area (Å²) < 4.78 is 23.4. The molecule has 1 aromatic carbocycles. The second-order valence-electron chi connectivity index (χ2n) is 17.4. The molecule has 7 heterocycles. The number of ether oxygens (including phenoxy) is 1. The Labute approximate surface area is 392 Å². The Morgan fingerprint density at radius 2 is 1.43 bits per heavy atom. The molecular formula is C53H59N9O5. The minimum absolute atomic E-state index is 0.0465. The molecule has 0 spiro atoms. The van der Waals surface area contributed by atoms with Gasteiger partial charge in [-0.15, -0.1) is 0 Å². The highest BCUT2D eigenvalue weighted by Crippen LogP contribution is 2.38. The number of carbonyl (C=O) groups is 3. The van der Waals surface area contributed by atoms with Gasteiger partial charge in [0.25, 0.3) is 0 Å². The Balaban J connectivity index is 0.951. The second-order valence-corrected chi connectivity index (χ2v) is 17.4. The lowest BCUT2D eigenvalue weighted by atomic mass is 9.91. The number of imidazole rings is 1. The summed E-state index contributed by atoms with van der Waals surface area (Å²) in [5.41, 5.74) is 20.6. The van der Waals surface area contributed by atoms with Crippen molar-refractivity contribution in [1.29, 1.82) is 0 Å². The summed E-state index contributed by atoms with van der Waals surface area (Å²) in [6.45, 7) is 8.97. The van der Waals surface area contributed by atoms with Crippen molar-refractivity contribution in [2.45, 2.75) is 91.9 Å². The average Bonchev–Trinajstić information content (AvgIpc) is 4.12. The van der Waals surface area contributed by atoms with Crippen molar-refractivity contribution in [3.63, 3.8) is 0 Å². The first-order valence-electron chi connectivity index (χ1n) is 24.0. The maximum Gasteiger partial charge on any atom is 0.303 e. The van der Waals surface area contributed by atoms with Gasteiger partial charge in [-0.3, -0.25) is 14.4 Å². The number of rotatable bonds is 20. The van der Waals surface area contributed by atoms with Gasteiger partial charge in [0.2, 0.25) is 5.91 Å². The molecule has 2 aliphatic rings. The van der Waals surface area contributed by atoms with Crippen LogP contribution in [-0.2, 0) is 27.2 Å². The lowest BCUT2D eigenvalue weighted by molar-refractivity contribution is -0.136. The molecule has 8 rings (SSSR count). The van der Waals surface area contributed by atoms with Crippen molar-refractivity contribution in [3.8, 4) is 5.75 Å². The molecule has 5 aromatic heterocycles. The number of nitrogens with two attached hydrogens (primary N) is 1. The Hall–Kier alpha value is -7.19. The van der Waals surface area contributed by atoms with E-state index in [0.29, 0.717) is 60.6 Å². The molecule has 67 heavy (non-hydrogen) atoms. The zero-order valence-electron chi connectivity index (χ0n) is 40.5. The van der Waals surface area contributed by atoms with Gasteiger partial charge in [-0.05, 0) is 172 Å². The number of amides is 1. The van der Waals surface area contributed by atoms with Crippen molar-refractivity contribution in [2.24, 2.45) is 11.7 Å². The lowest BCUT2D eigenvalue weighted by Gasteiger charge is -2.17. The number of aromatic amines is 3. The minimum Gasteiger partial charge on any atom is -0.492 e. The van der Waals surface area contributed by atoms with E-state index < -0.39 is 18.3 Å². The van der Waals surface area contributed by atoms with Crippen LogP contribution < -0.4 is 15.8 Å². The first-order valence-corrected chi connectivity index (χ1v) is 23.0. The predicted octanol–water partition coefficient (Wildman–Crippen LogP) is 9.39. The number of aromatic nitrogens is 7. The number of aryl methyl sites for hydroxylation is 4. The van der Waals surface area contributed by atoms with Crippen molar-refractivity contribution in [3.05, 3.63) is 124 Å². The van der Waals surface area contributed by atoms with E-state index in [-0.39, 0.29) is 50.5 Å². The topological polar surface area (TPSA) is 218 Å². The molecule has 0 radical (unpaired) electrons. The molecule has 2 aliphatic heterocycles. The number of allylic oxidation sites excluding steroid dienone is 4. The number of hydrogen-bond acceptors (Lipinski definition) is 9. The van der Waals surface area contributed by atoms with E-state index >= 15 is 0 Å². The SMILES string of the molecule is [2H]C([2H])(Cc1cnc2nc[nH]c2c1)c1ccc(OCCNC(=O)[C@H](CCCCN)CC(=O)CCC2=C(C)c3cc4[nH]c(cc4C)cc4[nH]c(cc5nc(cc2n3)C(CCC(=O)O)=C5C)cc4C)cc1. The fourth-order valence-corrected chi connectivity index (χ4v) is 8.70. The van der Waals surface area contributed by atoms with Gasteiger partial charge in [-0.25, -0.2) is 19.9 Å². The number of fused-ring (bicyclic) bond motifs is 9. The maximum atomic E-state index is 13.9. The van der Waals surface area contributed by atoms with Gasteiger partial charge < -0.3 is 35.8 Å². The monoisotopic (exact) mass is 903 g/mol. The van der Waals surface area contributed by atoms with Crippen LogP contribution in [0.25, 0.3) is 55.5 Å². The van der Waals surface area contributed by atoms with Gasteiger partial charge >= 0.3 is 5.97 Å². The Bertz CT molecular complexity index is 3150. The maximum absolute atomic E-state index is 13.9. The first-order chi connectivity index (χ1) is 33.1. The number of nitrogens with zero attached hydrogens (tertiary/aromatic N) is 4. The van der Waals surface area contributed by atoms with E-state index in [1.807, 2.05) is 45.0 Å². The molecular weight excluding hydrogens is 843 g/mol. The number of pyridine rings is 1. The molecule has 1 amide bonds. The van der Waals surface area contributed by atoms with E-state index in [2.05, 4.69) is 55.4 Å². The molecule has 0 saturated heterocycles. The Kier molecular flexibility index (Phi) is 13.7. The number of ketones is 1. The van der Waals surface area contributed by atoms with Gasteiger partial charge in [-0.2, -0.15) is 0 Å². The summed E-state index contributed by atoms with van der Waals surface area (Å²) in [6, 6.07) is 20.9. The van der Waals surface area contributed by atoms with Crippen molar-refractivity contribution >= 4 is 73.2 Å². The third kappa shape index (κ3) is 11.4. The molecule has 14 heteroatoms. The highest BCUT2D eigenvalue weighted by molar-refractivity contribution is 5.97. The zero-order valence-corrected chi connectivity index (χ0v) is 38.5. The number of unbranched alkanes of at least 4 members (excludes halogenated alkanes) is 1. The molecule has 0 saturated carbocycles. The van der Waals surface area contributed by atoms with Crippen LogP contribution in [0.15, 0.2) is 79.3 Å². The Morgan fingerprint density at radius 1 is 0.761 bits per heavy atom. The molecule has 1 atom stereocenters. The van der Waals surface area contributed by atoms with E-state index in [0.717, 1.165) is 84.4 Å². The van der Waals surface area contributed by atoms with E-state index in [9.17, 15) is 19.5 Å².